The van der Waals surface area contributed by atoms with Gasteiger partial charge >= 0.3 is 0 Å². The Balaban J connectivity index is 2.02. The number of hydrogen-bond donors (Lipinski definition) is 1. The van der Waals surface area contributed by atoms with Crippen molar-refractivity contribution in [3.63, 3.8) is 0 Å². The molecule has 0 fully saturated rings. The van der Waals surface area contributed by atoms with E-state index in [9.17, 15) is 4.39 Å². The number of hydrogen-bond acceptors (Lipinski definition) is 2. The Morgan fingerprint density at radius 1 is 1.20 bits per heavy atom. The highest BCUT2D eigenvalue weighted by molar-refractivity contribution is 6.30. The van der Waals surface area contributed by atoms with Gasteiger partial charge < -0.3 is 5.32 Å². The fourth-order valence-electron chi connectivity index (χ4n) is 1.78. The van der Waals surface area contributed by atoms with Crippen molar-refractivity contribution in [3.8, 4) is 0 Å². The van der Waals surface area contributed by atoms with E-state index >= 15 is 0 Å². The van der Waals surface area contributed by atoms with E-state index < -0.39 is 5.82 Å². The average Bonchev–Trinajstić information content (AvgIpc) is 2.40. The lowest BCUT2D eigenvalue weighted by molar-refractivity contribution is 0.587. The molecule has 2 aromatic rings. The number of anilines is 1. The van der Waals surface area contributed by atoms with E-state index in [1.54, 1.807) is 12.1 Å². The summed E-state index contributed by atoms with van der Waals surface area (Å²) in [6.45, 7) is 7.01. The maximum Gasteiger partial charge on any atom is 0.141 e. The number of nitrogens with one attached hydrogen (secondary N) is 1. The fourth-order valence-corrected chi connectivity index (χ4v) is 1.99. The molecular weight excluding hydrogens is 275 g/mol. The van der Waals surface area contributed by atoms with Crippen molar-refractivity contribution in [2.75, 3.05) is 5.32 Å². The Morgan fingerprint density at radius 3 is 2.50 bits per heavy atom. The van der Waals surface area contributed by atoms with Crippen molar-refractivity contribution < 1.29 is 4.39 Å². The second kappa shape index (κ2) is 5.80. The van der Waals surface area contributed by atoms with Gasteiger partial charge in [-0.25, -0.2) is 9.37 Å². The Morgan fingerprint density at radius 2 is 1.95 bits per heavy atom. The van der Waals surface area contributed by atoms with E-state index in [2.05, 4.69) is 37.1 Å². The number of nitrogens with zero attached hydrogens (tertiary/aromatic N) is 1. The molecule has 0 saturated carbocycles. The first-order chi connectivity index (χ1) is 9.36. The van der Waals surface area contributed by atoms with Gasteiger partial charge in [-0.1, -0.05) is 44.5 Å². The molecule has 0 radical (unpaired) electrons. The lowest BCUT2D eigenvalue weighted by Gasteiger charge is -2.18. The van der Waals surface area contributed by atoms with Gasteiger partial charge in [0.15, 0.2) is 0 Å². The molecular formula is C16H18ClFN2. The Kier molecular flexibility index (Phi) is 4.29. The number of rotatable bonds is 3. The van der Waals surface area contributed by atoms with Crippen LogP contribution in [0.15, 0.2) is 36.5 Å². The Hall–Kier alpha value is -1.61. The molecule has 1 aromatic heterocycles. The third-order valence-corrected chi connectivity index (χ3v) is 3.38. The maximum atomic E-state index is 13.1. The molecule has 0 aliphatic heterocycles. The first-order valence-corrected chi connectivity index (χ1v) is 6.88. The third kappa shape index (κ3) is 3.70. The lowest BCUT2D eigenvalue weighted by Crippen LogP contribution is -2.11. The van der Waals surface area contributed by atoms with Crippen LogP contribution in [0.2, 0.25) is 5.02 Å². The largest absolute Gasteiger partial charge is 0.366 e. The minimum Gasteiger partial charge on any atom is -0.366 e. The standard InChI is InChI=1S/C16H18ClFN2/c1-16(2,3)12-5-7-15(20-10-12)19-9-11-4-6-14(18)13(17)8-11/h4-8,10H,9H2,1-3H3,(H,19,20). The number of aromatic nitrogens is 1. The van der Waals surface area contributed by atoms with Crippen LogP contribution in [0.1, 0.15) is 31.9 Å². The molecule has 0 atom stereocenters. The molecule has 0 amide bonds. The maximum absolute atomic E-state index is 13.1. The summed E-state index contributed by atoms with van der Waals surface area (Å²) in [4.78, 5) is 4.38. The fraction of sp³-hybridized carbons (Fsp3) is 0.312. The highest BCUT2D eigenvalue weighted by atomic mass is 35.5. The highest BCUT2D eigenvalue weighted by Crippen LogP contribution is 2.22. The van der Waals surface area contributed by atoms with Gasteiger partial charge in [0.25, 0.3) is 0 Å². The van der Waals surface area contributed by atoms with E-state index in [1.807, 2.05) is 12.3 Å². The van der Waals surface area contributed by atoms with Crippen LogP contribution < -0.4 is 5.32 Å². The zero-order chi connectivity index (χ0) is 14.8. The molecule has 0 saturated heterocycles. The molecule has 0 spiro atoms. The molecule has 4 heteroatoms. The van der Waals surface area contributed by atoms with Crippen LogP contribution in [0.3, 0.4) is 0 Å². The summed E-state index contributed by atoms with van der Waals surface area (Å²) in [6, 6.07) is 8.71. The van der Waals surface area contributed by atoms with Crippen molar-refractivity contribution in [2.24, 2.45) is 0 Å². The minimum absolute atomic E-state index is 0.0933. The predicted molar refractivity (Wildman–Crippen MR) is 81.7 cm³/mol. The van der Waals surface area contributed by atoms with Crippen molar-refractivity contribution in [2.45, 2.75) is 32.7 Å². The quantitative estimate of drug-likeness (QED) is 0.880. The van der Waals surface area contributed by atoms with Gasteiger partial charge in [0.1, 0.15) is 11.6 Å². The van der Waals surface area contributed by atoms with Crippen LogP contribution in [0, 0.1) is 5.82 Å². The number of benzene rings is 1. The van der Waals surface area contributed by atoms with Crippen LogP contribution in [0.4, 0.5) is 10.2 Å². The molecule has 1 N–H and O–H groups in total. The molecule has 20 heavy (non-hydrogen) atoms. The molecule has 1 heterocycles. The van der Waals surface area contributed by atoms with Crippen LogP contribution in [0.25, 0.3) is 0 Å². The SMILES string of the molecule is CC(C)(C)c1ccc(NCc2ccc(F)c(Cl)c2)nc1. The lowest BCUT2D eigenvalue weighted by atomic mass is 9.88. The minimum atomic E-state index is -0.400. The van der Waals surface area contributed by atoms with E-state index in [0.717, 1.165) is 11.4 Å². The summed E-state index contributed by atoms with van der Waals surface area (Å²) in [5, 5.41) is 3.33. The monoisotopic (exact) mass is 292 g/mol. The summed E-state index contributed by atoms with van der Waals surface area (Å²) in [6.07, 6.45) is 1.87. The summed E-state index contributed by atoms with van der Waals surface area (Å²) < 4.78 is 13.1. The molecule has 0 bridgehead atoms. The van der Waals surface area contributed by atoms with Gasteiger partial charge in [-0.2, -0.15) is 0 Å². The Labute approximate surface area is 124 Å². The molecule has 2 rings (SSSR count). The van der Waals surface area contributed by atoms with Gasteiger partial charge in [0, 0.05) is 12.7 Å². The van der Waals surface area contributed by atoms with Gasteiger partial charge in [-0.3, -0.25) is 0 Å². The zero-order valence-electron chi connectivity index (χ0n) is 11.9. The van der Waals surface area contributed by atoms with Crippen molar-refractivity contribution in [3.05, 3.63) is 58.5 Å². The van der Waals surface area contributed by atoms with Gasteiger partial charge in [0.2, 0.25) is 0 Å². The second-order valence-electron chi connectivity index (χ2n) is 5.78. The molecule has 0 unspecified atom stereocenters. The zero-order valence-corrected chi connectivity index (χ0v) is 12.6. The highest BCUT2D eigenvalue weighted by Gasteiger charge is 2.13. The number of halogens is 2. The smallest absolute Gasteiger partial charge is 0.141 e. The first-order valence-electron chi connectivity index (χ1n) is 6.50. The van der Waals surface area contributed by atoms with Crippen molar-refractivity contribution >= 4 is 17.4 Å². The molecule has 0 aliphatic carbocycles. The van der Waals surface area contributed by atoms with Crippen molar-refractivity contribution in [1.82, 2.24) is 4.98 Å². The van der Waals surface area contributed by atoms with Crippen LogP contribution in [0.5, 0.6) is 0 Å². The summed E-state index contributed by atoms with van der Waals surface area (Å²) in [5.41, 5.74) is 2.20. The molecule has 0 aliphatic rings. The average molecular weight is 293 g/mol. The van der Waals surface area contributed by atoms with Crippen LogP contribution >= 0.6 is 11.6 Å². The summed E-state index contributed by atoms with van der Waals surface area (Å²) in [7, 11) is 0. The number of pyridine rings is 1. The van der Waals surface area contributed by atoms with E-state index in [0.29, 0.717) is 6.54 Å². The van der Waals surface area contributed by atoms with Gasteiger partial charge in [-0.05, 0) is 34.7 Å². The first kappa shape index (κ1) is 14.8. The Bertz CT molecular complexity index is 588. The topological polar surface area (TPSA) is 24.9 Å². The second-order valence-corrected chi connectivity index (χ2v) is 6.19. The normalized spacial score (nSPS) is 11.4. The summed E-state index contributed by atoms with van der Waals surface area (Å²) >= 11 is 5.75. The van der Waals surface area contributed by atoms with Gasteiger partial charge in [-0.15, -0.1) is 0 Å². The van der Waals surface area contributed by atoms with Crippen molar-refractivity contribution in [1.29, 1.82) is 0 Å². The molecule has 2 nitrogen and oxygen atoms in total. The van der Waals surface area contributed by atoms with E-state index in [1.165, 1.54) is 11.6 Å². The summed E-state index contributed by atoms with van der Waals surface area (Å²) in [5.74, 6) is 0.390. The van der Waals surface area contributed by atoms with E-state index in [4.69, 9.17) is 11.6 Å². The van der Waals surface area contributed by atoms with Crippen LogP contribution in [-0.4, -0.2) is 4.98 Å². The molecule has 106 valence electrons. The van der Waals surface area contributed by atoms with Gasteiger partial charge in [0.05, 0.1) is 5.02 Å². The predicted octanol–water partition coefficient (Wildman–Crippen LogP) is 4.78. The van der Waals surface area contributed by atoms with E-state index in [-0.39, 0.29) is 10.4 Å². The van der Waals surface area contributed by atoms with Crippen LogP contribution in [-0.2, 0) is 12.0 Å². The third-order valence-electron chi connectivity index (χ3n) is 3.09. The molecule has 1 aromatic carbocycles.